The maximum absolute atomic E-state index is 12.9. The molecule has 1 fully saturated rings. The Balaban J connectivity index is 1.31. The zero-order chi connectivity index (χ0) is 28.9. The van der Waals surface area contributed by atoms with Crippen molar-refractivity contribution in [2.45, 2.75) is 49.3 Å². The van der Waals surface area contributed by atoms with E-state index in [4.69, 9.17) is 16.3 Å². The topological polar surface area (TPSA) is 82.9 Å². The summed E-state index contributed by atoms with van der Waals surface area (Å²) in [6, 6.07) is 10.7. The minimum Gasteiger partial charge on any atom is -0.497 e. The number of alkyl halides is 3. The molecular formula is C29H32ClF3N2O4S. The second-order valence-corrected chi connectivity index (χ2v) is 11.7. The number of aromatic nitrogens is 1. The number of fused-ring (bicyclic) bond motifs is 1. The number of carbonyl (C=O) groups is 1. The monoisotopic (exact) mass is 596 g/mol. The molecule has 0 saturated carbocycles. The fourth-order valence-corrected chi connectivity index (χ4v) is 6.38. The lowest BCUT2D eigenvalue weighted by atomic mass is 9.74. The molecular weight excluding hydrogens is 565 g/mol. The van der Waals surface area contributed by atoms with Gasteiger partial charge in [-0.05, 0) is 93.9 Å². The van der Waals surface area contributed by atoms with Crippen LogP contribution in [0.2, 0.25) is 5.02 Å². The van der Waals surface area contributed by atoms with Crippen LogP contribution in [0, 0.1) is 5.41 Å². The minimum atomic E-state index is -4.36. The quantitative estimate of drug-likeness (QED) is 0.181. The first kappa shape index (κ1) is 30.4. The van der Waals surface area contributed by atoms with Crippen LogP contribution in [0.15, 0.2) is 53.6 Å². The lowest BCUT2D eigenvalue weighted by Crippen LogP contribution is -2.44. The molecule has 1 unspecified atom stereocenters. The lowest BCUT2D eigenvalue weighted by Gasteiger charge is -2.39. The summed E-state index contributed by atoms with van der Waals surface area (Å²) >= 11 is 7.81. The molecule has 0 amide bonds. The molecule has 0 bridgehead atoms. The van der Waals surface area contributed by atoms with Gasteiger partial charge in [0.05, 0.1) is 34.7 Å². The summed E-state index contributed by atoms with van der Waals surface area (Å²) in [4.78, 5) is 19.5. The van der Waals surface area contributed by atoms with E-state index in [1.54, 1.807) is 31.4 Å². The van der Waals surface area contributed by atoms with Crippen LogP contribution in [0.5, 0.6) is 5.75 Å². The van der Waals surface area contributed by atoms with Gasteiger partial charge in [0, 0.05) is 22.0 Å². The van der Waals surface area contributed by atoms with E-state index in [2.05, 4.69) is 9.88 Å². The third-order valence-electron chi connectivity index (χ3n) is 7.61. The van der Waals surface area contributed by atoms with Gasteiger partial charge in [0.1, 0.15) is 5.75 Å². The number of hydrogen-bond acceptors (Lipinski definition) is 6. The molecule has 11 heteroatoms. The van der Waals surface area contributed by atoms with Crippen molar-refractivity contribution in [3.63, 3.8) is 0 Å². The third kappa shape index (κ3) is 7.21. The largest absolute Gasteiger partial charge is 0.497 e. The van der Waals surface area contributed by atoms with Crippen molar-refractivity contribution in [2.75, 3.05) is 32.5 Å². The average Bonchev–Trinajstić information content (AvgIpc) is 2.94. The van der Waals surface area contributed by atoms with Gasteiger partial charge in [0.25, 0.3) is 0 Å². The number of nitrogens with zero attached hydrogens (tertiary/aromatic N) is 2. The molecule has 0 radical (unpaired) electrons. The number of aliphatic hydroxyl groups is 1. The molecule has 3 aromatic rings. The van der Waals surface area contributed by atoms with E-state index in [1.165, 1.54) is 30.1 Å². The maximum atomic E-state index is 12.9. The zero-order valence-corrected chi connectivity index (χ0v) is 23.7. The standard InChI is InChI=1S/C29H32ClF3N2O4S/c1-39-20-6-7-24-22(17-20)26(23(30)18-34-24)25(36)8-9-28(27(37)38)10-13-35(14-11-28)12-3-15-40-21-5-2-4-19(16-21)29(31,32)33/h2,4-7,16-18,25,36H,3,8-15H2,1H3,(H,37,38). The highest BCUT2D eigenvalue weighted by Gasteiger charge is 2.41. The van der Waals surface area contributed by atoms with Crippen molar-refractivity contribution in [3.05, 3.63) is 64.8 Å². The van der Waals surface area contributed by atoms with E-state index < -0.39 is 29.2 Å². The van der Waals surface area contributed by atoms with E-state index in [1.807, 2.05) is 0 Å². The summed E-state index contributed by atoms with van der Waals surface area (Å²) in [6.45, 7) is 1.95. The number of likely N-dealkylation sites (tertiary alicyclic amines) is 1. The second kappa shape index (κ2) is 13.0. The molecule has 1 aliphatic rings. The van der Waals surface area contributed by atoms with Crippen LogP contribution in [-0.4, -0.2) is 58.6 Å². The Hall–Kier alpha value is -2.53. The molecule has 216 valence electrons. The molecule has 6 nitrogen and oxygen atoms in total. The van der Waals surface area contributed by atoms with Crippen LogP contribution in [0.3, 0.4) is 0 Å². The fourth-order valence-electron chi connectivity index (χ4n) is 5.21. The molecule has 1 aromatic heterocycles. The highest BCUT2D eigenvalue weighted by molar-refractivity contribution is 7.99. The number of halogens is 4. The van der Waals surface area contributed by atoms with Crippen molar-refractivity contribution in [3.8, 4) is 5.75 Å². The first-order valence-electron chi connectivity index (χ1n) is 13.1. The number of hydrogen-bond donors (Lipinski definition) is 2. The summed E-state index contributed by atoms with van der Waals surface area (Å²) in [5.41, 5.74) is -0.423. The van der Waals surface area contributed by atoms with Crippen molar-refractivity contribution in [1.82, 2.24) is 9.88 Å². The van der Waals surface area contributed by atoms with Crippen LogP contribution in [0.4, 0.5) is 13.2 Å². The van der Waals surface area contributed by atoms with Crippen molar-refractivity contribution < 1.29 is 32.9 Å². The van der Waals surface area contributed by atoms with Gasteiger partial charge in [-0.25, -0.2) is 0 Å². The van der Waals surface area contributed by atoms with Gasteiger partial charge in [-0.1, -0.05) is 17.7 Å². The molecule has 1 aliphatic heterocycles. The molecule has 40 heavy (non-hydrogen) atoms. The maximum Gasteiger partial charge on any atom is 0.416 e. The van der Waals surface area contributed by atoms with Gasteiger partial charge in [-0.15, -0.1) is 11.8 Å². The Morgan fingerprint density at radius 2 is 1.98 bits per heavy atom. The number of pyridine rings is 1. The summed E-state index contributed by atoms with van der Waals surface area (Å²) in [6.07, 6.45) is -1.62. The molecule has 2 heterocycles. The predicted molar refractivity (Wildman–Crippen MR) is 150 cm³/mol. The smallest absolute Gasteiger partial charge is 0.416 e. The highest BCUT2D eigenvalue weighted by Crippen LogP contribution is 2.41. The molecule has 0 spiro atoms. The Labute approximate surface area is 240 Å². The highest BCUT2D eigenvalue weighted by atomic mass is 35.5. The number of carboxylic acid groups (broad SMARTS) is 1. The SMILES string of the molecule is COc1ccc2ncc(Cl)c(C(O)CCC3(C(=O)O)CCN(CCCSc4cccc(C(F)(F)F)c4)CC3)c2c1. The van der Waals surface area contributed by atoms with E-state index in [0.29, 0.717) is 70.2 Å². The minimum absolute atomic E-state index is 0.232. The van der Waals surface area contributed by atoms with Crippen LogP contribution >= 0.6 is 23.4 Å². The van der Waals surface area contributed by atoms with Gasteiger partial charge in [0.2, 0.25) is 0 Å². The normalized spacial score (nSPS) is 16.6. The van der Waals surface area contributed by atoms with E-state index >= 15 is 0 Å². The van der Waals surface area contributed by atoms with Gasteiger partial charge >= 0.3 is 12.1 Å². The number of carboxylic acids is 1. The van der Waals surface area contributed by atoms with Crippen molar-refractivity contribution in [1.29, 1.82) is 0 Å². The second-order valence-electron chi connectivity index (χ2n) is 10.1. The predicted octanol–water partition coefficient (Wildman–Crippen LogP) is 7.08. The van der Waals surface area contributed by atoms with Gasteiger partial charge in [-0.2, -0.15) is 13.2 Å². The number of aliphatic hydroxyl groups excluding tert-OH is 1. The Kier molecular flexibility index (Phi) is 9.87. The number of aliphatic carboxylic acids is 1. The van der Waals surface area contributed by atoms with Gasteiger partial charge in [-0.3, -0.25) is 9.78 Å². The van der Waals surface area contributed by atoms with Gasteiger partial charge in [0.15, 0.2) is 0 Å². The fraction of sp³-hybridized carbons (Fsp3) is 0.448. The molecule has 1 saturated heterocycles. The molecule has 2 N–H and O–H groups in total. The summed E-state index contributed by atoms with van der Waals surface area (Å²) in [7, 11) is 1.55. The summed E-state index contributed by atoms with van der Waals surface area (Å²) < 4.78 is 44.1. The van der Waals surface area contributed by atoms with Gasteiger partial charge < -0.3 is 19.8 Å². The van der Waals surface area contributed by atoms with Crippen LogP contribution < -0.4 is 4.74 Å². The van der Waals surface area contributed by atoms with E-state index in [-0.39, 0.29) is 6.42 Å². The van der Waals surface area contributed by atoms with Crippen LogP contribution in [0.25, 0.3) is 10.9 Å². The molecule has 2 aromatic carbocycles. The average molecular weight is 597 g/mol. The van der Waals surface area contributed by atoms with Crippen LogP contribution in [-0.2, 0) is 11.0 Å². The Morgan fingerprint density at radius 1 is 1.23 bits per heavy atom. The summed E-state index contributed by atoms with van der Waals surface area (Å²) in [5.74, 6) is 0.402. The third-order valence-corrected chi connectivity index (χ3v) is 8.99. The molecule has 0 aliphatic carbocycles. The molecule has 4 rings (SSSR count). The number of methoxy groups -OCH3 is 1. The number of benzene rings is 2. The van der Waals surface area contributed by atoms with Crippen molar-refractivity contribution >= 4 is 40.2 Å². The number of rotatable bonds is 11. The van der Waals surface area contributed by atoms with Crippen molar-refractivity contribution in [2.24, 2.45) is 5.41 Å². The number of piperidine rings is 1. The Bertz CT molecular complexity index is 1330. The number of ether oxygens (including phenoxy) is 1. The first-order valence-corrected chi connectivity index (χ1v) is 14.4. The van der Waals surface area contributed by atoms with E-state index in [0.717, 1.165) is 19.0 Å². The zero-order valence-electron chi connectivity index (χ0n) is 22.1. The number of thioether (sulfide) groups is 1. The van der Waals surface area contributed by atoms with E-state index in [9.17, 15) is 28.2 Å². The summed E-state index contributed by atoms with van der Waals surface area (Å²) in [5, 5.41) is 22.2. The molecule has 1 atom stereocenters. The lowest BCUT2D eigenvalue weighted by molar-refractivity contribution is -0.153. The Morgan fingerprint density at radius 3 is 2.65 bits per heavy atom. The van der Waals surface area contributed by atoms with Crippen LogP contribution in [0.1, 0.15) is 49.3 Å². The first-order chi connectivity index (χ1) is 19.0.